The highest BCUT2D eigenvalue weighted by Crippen LogP contribution is 2.18. The van der Waals surface area contributed by atoms with Crippen molar-refractivity contribution < 1.29 is 4.79 Å². The van der Waals surface area contributed by atoms with Gasteiger partial charge in [0.2, 0.25) is 5.91 Å². The lowest BCUT2D eigenvalue weighted by Crippen LogP contribution is -2.15. The van der Waals surface area contributed by atoms with Gasteiger partial charge in [-0.15, -0.1) is 0 Å². The van der Waals surface area contributed by atoms with E-state index in [1.165, 1.54) is 0 Å². The third kappa shape index (κ3) is 2.92. The van der Waals surface area contributed by atoms with E-state index in [0.29, 0.717) is 13.0 Å². The molecule has 5 nitrogen and oxygen atoms in total. The number of H-pyrrole nitrogens is 1. The monoisotopic (exact) mass is 230 g/mol. The van der Waals surface area contributed by atoms with Gasteiger partial charge in [0, 0.05) is 18.7 Å². The molecule has 0 radical (unpaired) electrons. The molecule has 1 amide bonds. The lowest BCUT2D eigenvalue weighted by Gasteiger charge is -2.05. The van der Waals surface area contributed by atoms with Crippen LogP contribution in [-0.4, -0.2) is 22.4 Å². The van der Waals surface area contributed by atoms with Gasteiger partial charge in [0.15, 0.2) is 0 Å². The molecule has 0 bridgehead atoms. The number of aromatic amines is 1. The first-order valence-corrected chi connectivity index (χ1v) is 5.38. The Balaban J connectivity index is 2.06. The molecule has 1 aromatic heterocycles. The Hall–Kier alpha value is -2.14. The van der Waals surface area contributed by atoms with Crippen LogP contribution < -0.4 is 11.1 Å². The molecule has 0 saturated heterocycles. The lowest BCUT2D eigenvalue weighted by atomic mass is 10.1. The third-order valence-corrected chi connectivity index (χ3v) is 2.35. The molecule has 0 aliphatic heterocycles. The molecule has 0 unspecified atom stereocenters. The summed E-state index contributed by atoms with van der Waals surface area (Å²) >= 11 is 0. The highest BCUT2D eigenvalue weighted by atomic mass is 16.1. The van der Waals surface area contributed by atoms with Crippen LogP contribution in [0.1, 0.15) is 6.42 Å². The van der Waals surface area contributed by atoms with E-state index >= 15 is 0 Å². The van der Waals surface area contributed by atoms with Gasteiger partial charge in [-0.3, -0.25) is 4.79 Å². The SMILES string of the molecule is NCCC(=O)Nc1ccc(-c2cnc[nH]2)cc1. The summed E-state index contributed by atoms with van der Waals surface area (Å²) in [5.74, 6) is -0.0678. The molecular formula is C12H14N4O. The molecule has 1 aromatic carbocycles. The van der Waals surface area contributed by atoms with E-state index in [-0.39, 0.29) is 5.91 Å². The number of anilines is 1. The maximum absolute atomic E-state index is 11.3. The quantitative estimate of drug-likeness (QED) is 0.741. The molecule has 0 spiro atoms. The molecule has 0 atom stereocenters. The van der Waals surface area contributed by atoms with Gasteiger partial charge in [-0.25, -0.2) is 4.98 Å². The second-order valence-electron chi connectivity index (χ2n) is 3.63. The summed E-state index contributed by atoms with van der Waals surface area (Å²) in [4.78, 5) is 18.3. The third-order valence-electron chi connectivity index (χ3n) is 2.35. The Labute approximate surface area is 99.1 Å². The fourth-order valence-corrected chi connectivity index (χ4v) is 1.50. The minimum absolute atomic E-state index is 0.0678. The van der Waals surface area contributed by atoms with Crippen molar-refractivity contribution in [3.63, 3.8) is 0 Å². The number of nitrogens with zero attached hydrogens (tertiary/aromatic N) is 1. The number of nitrogens with two attached hydrogens (primary N) is 1. The first-order valence-electron chi connectivity index (χ1n) is 5.38. The first kappa shape index (κ1) is 11.3. The maximum Gasteiger partial charge on any atom is 0.225 e. The van der Waals surface area contributed by atoms with E-state index < -0.39 is 0 Å². The molecule has 2 rings (SSSR count). The average molecular weight is 230 g/mol. The number of carbonyl (C=O) groups excluding carboxylic acids is 1. The van der Waals surface area contributed by atoms with Gasteiger partial charge in [0.25, 0.3) is 0 Å². The predicted octanol–water partition coefficient (Wildman–Crippen LogP) is 1.36. The van der Waals surface area contributed by atoms with Crippen molar-refractivity contribution >= 4 is 11.6 Å². The molecule has 1 heterocycles. The molecule has 17 heavy (non-hydrogen) atoms. The normalized spacial score (nSPS) is 10.2. The number of rotatable bonds is 4. The van der Waals surface area contributed by atoms with E-state index in [9.17, 15) is 4.79 Å². The second-order valence-corrected chi connectivity index (χ2v) is 3.63. The molecular weight excluding hydrogens is 216 g/mol. The van der Waals surface area contributed by atoms with Crippen LogP contribution in [0, 0.1) is 0 Å². The fourth-order valence-electron chi connectivity index (χ4n) is 1.50. The number of benzene rings is 1. The van der Waals surface area contributed by atoms with Gasteiger partial charge in [0.1, 0.15) is 0 Å². The van der Waals surface area contributed by atoms with Crippen molar-refractivity contribution in [2.24, 2.45) is 5.73 Å². The minimum Gasteiger partial charge on any atom is -0.345 e. The number of hydrogen-bond acceptors (Lipinski definition) is 3. The summed E-state index contributed by atoms with van der Waals surface area (Å²) in [7, 11) is 0. The summed E-state index contributed by atoms with van der Waals surface area (Å²) in [5, 5.41) is 2.77. The summed E-state index contributed by atoms with van der Waals surface area (Å²) < 4.78 is 0. The highest BCUT2D eigenvalue weighted by molar-refractivity contribution is 5.91. The molecule has 88 valence electrons. The van der Waals surface area contributed by atoms with Crippen molar-refractivity contribution in [1.29, 1.82) is 0 Å². The first-order chi connectivity index (χ1) is 8.29. The highest BCUT2D eigenvalue weighted by Gasteiger charge is 2.02. The lowest BCUT2D eigenvalue weighted by molar-refractivity contribution is -0.116. The molecule has 0 saturated carbocycles. The Morgan fingerprint density at radius 1 is 1.35 bits per heavy atom. The van der Waals surface area contributed by atoms with E-state index in [2.05, 4.69) is 15.3 Å². The van der Waals surface area contributed by atoms with Crippen LogP contribution in [0.4, 0.5) is 5.69 Å². The van der Waals surface area contributed by atoms with Crippen LogP contribution in [-0.2, 0) is 4.79 Å². The van der Waals surface area contributed by atoms with Crippen LogP contribution in [0.3, 0.4) is 0 Å². The van der Waals surface area contributed by atoms with Crippen LogP contribution >= 0.6 is 0 Å². The van der Waals surface area contributed by atoms with Gasteiger partial charge in [-0.05, 0) is 17.7 Å². The van der Waals surface area contributed by atoms with Gasteiger partial charge >= 0.3 is 0 Å². The predicted molar refractivity (Wildman–Crippen MR) is 66.3 cm³/mol. The van der Waals surface area contributed by atoms with Crippen LogP contribution in [0.15, 0.2) is 36.8 Å². The fraction of sp³-hybridized carbons (Fsp3) is 0.167. The molecule has 2 aromatic rings. The van der Waals surface area contributed by atoms with Crippen molar-refractivity contribution in [3.05, 3.63) is 36.8 Å². The Bertz CT molecular complexity index is 476. The van der Waals surface area contributed by atoms with Crippen LogP contribution in [0.25, 0.3) is 11.3 Å². The molecule has 0 aliphatic rings. The zero-order valence-electron chi connectivity index (χ0n) is 9.31. The Morgan fingerprint density at radius 2 is 2.12 bits per heavy atom. The number of carbonyl (C=O) groups is 1. The van der Waals surface area contributed by atoms with Crippen LogP contribution in [0.2, 0.25) is 0 Å². The largest absolute Gasteiger partial charge is 0.345 e. The van der Waals surface area contributed by atoms with E-state index in [4.69, 9.17) is 5.73 Å². The summed E-state index contributed by atoms with van der Waals surface area (Å²) in [6.07, 6.45) is 3.72. The van der Waals surface area contributed by atoms with Gasteiger partial charge in [-0.1, -0.05) is 12.1 Å². The maximum atomic E-state index is 11.3. The van der Waals surface area contributed by atoms with Gasteiger partial charge in [0.05, 0.1) is 18.2 Å². The van der Waals surface area contributed by atoms with Crippen molar-refractivity contribution in [2.45, 2.75) is 6.42 Å². The number of imidazole rings is 1. The van der Waals surface area contributed by atoms with E-state index in [1.807, 2.05) is 24.3 Å². The standard InChI is InChI=1S/C12H14N4O/c13-6-5-12(17)16-10-3-1-9(2-4-10)11-7-14-8-15-11/h1-4,7-8H,5-6,13H2,(H,14,15)(H,16,17). The topological polar surface area (TPSA) is 83.8 Å². The summed E-state index contributed by atoms with van der Waals surface area (Å²) in [5.41, 5.74) is 8.05. The number of hydrogen-bond donors (Lipinski definition) is 3. The van der Waals surface area contributed by atoms with Gasteiger partial charge in [-0.2, -0.15) is 0 Å². The minimum atomic E-state index is -0.0678. The number of nitrogens with one attached hydrogen (secondary N) is 2. The zero-order valence-corrected chi connectivity index (χ0v) is 9.31. The van der Waals surface area contributed by atoms with Crippen molar-refractivity contribution in [2.75, 3.05) is 11.9 Å². The van der Waals surface area contributed by atoms with E-state index in [1.54, 1.807) is 12.5 Å². The molecule has 0 aliphatic carbocycles. The van der Waals surface area contributed by atoms with Crippen molar-refractivity contribution in [3.8, 4) is 11.3 Å². The summed E-state index contributed by atoms with van der Waals surface area (Å²) in [6, 6.07) is 7.55. The van der Waals surface area contributed by atoms with Crippen molar-refractivity contribution in [1.82, 2.24) is 9.97 Å². The zero-order chi connectivity index (χ0) is 12.1. The van der Waals surface area contributed by atoms with E-state index in [0.717, 1.165) is 16.9 Å². The second kappa shape index (κ2) is 5.27. The number of amides is 1. The Kier molecular flexibility index (Phi) is 3.52. The Morgan fingerprint density at radius 3 is 2.71 bits per heavy atom. The van der Waals surface area contributed by atoms with Gasteiger partial charge < -0.3 is 16.0 Å². The average Bonchev–Trinajstić information content (AvgIpc) is 2.84. The summed E-state index contributed by atoms with van der Waals surface area (Å²) in [6.45, 7) is 0.359. The number of aromatic nitrogens is 2. The molecule has 4 N–H and O–H groups in total. The molecule has 0 fully saturated rings. The van der Waals surface area contributed by atoms with Crippen LogP contribution in [0.5, 0.6) is 0 Å². The molecule has 5 heteroatoms. The smallest absolute Gasteiger partial charge is 0.225 e.